The maximum Gasteiger partial charge on any atom is 0.262 e. The normalized spacial score (nSPS) is 10.3. The number of carbonyl (C=O) groups excluding carboxylic acids is 1. The smallest absolute Gasteiger partial charge is 0.262 e. The third kappa shape index (κ3) is 5.61. The van der Waals surface area contributed by atoms with E-state index in [2.05, 4.69) is 42.7 Å². The van der Waals surface area contributed by atoms with E-state index in [1.54, 1.807) is 0 Å². The fourth-order valence-electron chi connectivity index (χ4n) is 2.78. The van der Waals surface area contributed by atoms with Crippen LogP contribution < -0.4 is 15.4 Å². The molecular formula is C23H24N2O2. The third-order valence-corrected chi connectivity index (χ3v) is 4.22. The standard InChI is InChI=1S/C23H24N2O2/c1-17-8-13-22(18(2)14-17)24-15-19-9-11-21(12-10-19)27-16-23(26)25-20-6-4-3-5-7-20/h3-14,24H,15-16H2,1-2H3,(H,25,26). The SMILES string of the molecule is Cc1ccc(NCc2ccc(OCC(=O)Nc3ccccc3)cc2)c(C)c1. The van der Waals surface area contributed by atoms with Gasteiger partial charge in [-0.05, 0) is 55.3 Å². The van der Waals surface area contributed by atoms with Crippen molar-refractivity contribution >= 4 is 17.3 Å². The summed E-state index contributed by atoms with van der Waals surface area (Å²) >= 11 is 0. The Morgan fingerprint density at radius 3 is 2.37 bits per heavy atom. The van der Waals surface area contributed by atoms with Gasteiger partial charge in [-0.3, -0.25) is 4.79 Å². The molecule has 0 heterocycles. The Balaban J connectivity index is 1.47. The second-order valence-electron chi connectivity index (χ2n) is 6.52. The van der Waals surface area contributed by atoms with Crippen LogP contribution in [-0.4, -0.2) is 12.5 Å². The quantitative estimate of drug-likeness (QED) is 0.628. The summed E-state index contributed by atoms with van der Waals surface area (Å²) < 4.78 is 5.56. The first-order chi connectivity index (χ1) is 13.1. The minimum atomic E-state index is -0.179. The fourth-order valence-corrected chi connectivity index (χ4v) is 2.78. The van der Waals surface area contributed by atoms with Crippen molar-refractivity contribution in [2.45, 2.75) is 20.4 Å². The molecule has 0 aliphatic rings. The summed E-state index contributed by atoms with van der Waals surface area (Å²) in [6.07, 6.45) is 0. The van der Waals surface area contributed by atoms with Crippen molar-refractivity contribution in [2.75, 3.05) is 17.2 Å². The van der Waals surface area contributed by atoms with Gasteiger partial charge in [-0.2, -0.15) is 0 Å². The molecule has 1 amide bonds. The number of hydrogen-bond donors (Lipinski definition) is 2. The molecular weight excluding hydrogens is 336 g/mol. The van der Waals surface area contributed by atoms with Gasteiger partial charge in [-0.1, -0.05) is 48.0 Å². The van der Waals surface area contributed by atoms with Crippen LogP contribution in [0.2, 0.25) is 0 Å². The van der Waals surface area contributed by atoms with E-state index < -0.39 is 0 Å². The van der Waals surface area contributed by atoms with Crippen LogP contribution in [0.3, 0.4) is 0 Å². The fraction of sp³-hybridized carbons (Fsp3) is 0.174. The molecule has 0 saturated carbocycles. The largest absolute Gasteiger partial charge is 0.484 e. The predicted molar refractivity (Wildman–Crippen MR) is 110 cm³/mol. The number of anilines is 2. The van der Waals surface area contributed by atoms with Crippen molar-refractivity contribution in [1.29, 1.82) is 0 Å². The second kappa shape index (κ2) is 8.90. The lowest BCUT2D eigenvalue weighted by atomic mass is 10.1. The highest BCUT2D eigenvalue weighted by Gasteiger charge is 2.04. The molecule has 0 spiro atoms. The predicted octanol–water partition coefficient (Wildman–Crippen LogP) is 4.93. The van der Waals surface area contributed by atoms with Crippen LogP contribution in [0.15, 0.2) is 72.8 Å². The van der Waals surface area contributed by atoms with E-state index in [1.807, 2.05) is 54.6 Å². The Bertz CT molecular complexity index is 890. The molecule has 0 aliphatic carbocycles. The van der Waals surface area contributed by atoms with Crippen LogP contribution in [0.1, 0.15) is 16.7 Å². The number of carbonyl (C=O) groups is 1. The molecule has 0 radical (unpaired) electrons. The van der Waals surface area contributed by atoms with E-state index in [0.717, 1.165) is 23.5 Å². The molecule has 0 saturated heterocycles. The van der Waals surface area contributed by atoms with Crippen molar-refractivity contribution < 1.29 is 9.53 Å². The second-order valence-corrected chi connectivity index (χ2v) is 6.52. The third-order valence-electron chi connectivity index (χ3n) is 4.22. The zero-order valence-corrected chi connectivity index (χ0v) is 15.7. The first-order valence-electron chi connectivity index (χ1n) is 8.98. The monoisotopic (exact) mass is 360 g/mol. The zero-order valence-electron chi connectivity index (χ0n) is 15.7. The van der Waals surface area contributed by atoms with Gasteiger partial charge in [0.05, 0.1) is 0 Å². The Hall–Kier alpha value is -3.27. The molecule has 0 bridgehead atoms. The van der Waals surface area contributed by atoms with Crippen molar-refractivity contribution in [3.8, 4) is 5.75 Å². The number of para-hydroxylation sites is 1. The maximum atomic E-state index is 11.9. The summed E-state index contributed by atoms with van der Waals surface area (Å²) in [4.78, 5) is 11.9. The number of amides is 1. The van der Waals surface area contributed by atoms with Gasteiger partial charge in [0.2, 0.25) is 0 Å². The molecule has 0 aliphatic heterocycles. The number of hydrogen-bond acceptors (Lipinski definition) is 3. The van der Waals surface area contributed by atoms with Gasteiger partial charge in [0.25, 0.3) is 5.91 Å². The summed E-state index contributed by atoms with van der Waals surface area (Å²) in [6, 6.07) is 23.5. The van der Waals surface area contributed by atoms with E-state index in [9.17, 15) is 4.79 Å². The molecule has 27 heavy (non-hydrogen) atoms. The molecule has 0 atom stereocenters. The molecule has 0 aromatic heterocycles. The van der Waals surface area contributed by atoms with Crippen LogP contribution >= 0.6 is 0 Å². The molecule has 0 fully saturated rings. The van der Waals surface area contributed by atoms with Crippen molar-refractivity contribution in [3.05, 3.63) is 89.5 Å². The van der Waals surface area contributed by atoms with Gasteiger partial charge in [0.1, 0.15) is 5.75 Å². The van der Waals surface area contributed by atoms with Crippen LogP contribution in [0.5, 0.6) is 5.75 Å². The summed E-state index contributed by atoms with van der Waals surface area (Å²) in [5.41, 5.74) is 5.55. The Kier molecular flexibility index (Phi) is 6.10. The number of nitrogens with one attached hydrogen (secondary N) is 2. The summed E-state index contributed by atoms with van der Waals surface area (Å²) in [5, 5.41) is 6.25. The number of ether oxygens (including phenoxy) is 1. The van der Waals surface area contributed by atoms with Gasteiger partial charge in [-0.25, -0.2) is 0 Å². The molecule has 3 rings (SSSR count). The van der Waals surface area contributed by atoms with E-state index in [-0.39, 0.29) is 12.5 Å². The number of benzene rings is 3. The van der Waals surface area contributed by atoms with Crippen molar-refractivity contribution in [2.24, 2.45) is 0 Å². The van der Waals surface area contributed by atoms with Gasteiger partial charge < -0.3 is 15.4 Å². The van der Waals surface area contributed by atoms with Gasteiger partial charge in [0.15, 0.2) is 6.61 Å². The van der Waals surface area contributed by atoms with Gasteiger partial charge in [-0.15, -0.1) is 0 Å². The highest BCUT2D eigenvalue weighted by molar-refractivity contribution is 5.91. The first kappa shape index (κ1) is 18.5. The Morgan fingerprint density at radius 1 is 0.926 bits per heavy atom. The summed E-state index contributed by atoms with van der Waals surface area (Å²) in [7, 11) is 0. The van der Waals surface area contributed by atoms with E-state index in [0.29, 0.717) is 5.75 Å². The molecule has 0 unspecified atom stereocenters. The molecule has 3 aromatic rings. The van der Waals surface area contributed by atoms with Crippen molar-refractivity contribution in [1.82, 2.24) is 0 Å². The lowest BCUT2D eigenvalue weighted by Crippen LogP contribution is -2.20. The molecule has 138 valence electrons. The minimum absolute atomic E-state index is 0.0188. The lowest BCUT2D eigenvalue weighted by molar-refractivity contribution is -0.118. The average molecular weight is 360 g/mol. The number of rotatable bonds is 7. The highest BCUT2D eigenvalue weighted by atomic mass is 16.5. The Labute approximate surface area is 160 Å². The van der Waals surface area contributed by atoms with Crippen LogP contribution in [0, 0.1) is 13.8 Å². The van der Waals surface area contributed by atoms with E-state index in [1.165, 1.54) is 11.1 Å². The van der Waals surface area contributed by atoms with Crippen LogP contribution in [0.4, 0.5) is 11.4 Å². The van der Waals surface area contributed by atoms with Crippen LogP contribution in [0.25, 0.3) is 0 Å². The number of aryl methyl sites for hydroxylation is 2. The van der Waals surface area contributed by atoms with Gasteiger partial charge in [0, 0.05) is 17.9 Å². The zero-order chi connectivity index (χ0) is 19.1. The van der Waals surface area contributed by atoms with Crippen LogP contribution in [-0.2, 0) is 11.3 Å². The molecule has 3 aromatic carbocycles. The average Bonchev–Trinajstić information content (AvgIpc) is 2.67. The first-order valence-corrected chi connectivity index (χ1v) is 8.98. The Morgan fingerprint density at radius 2 is 1.67 bits per heavy atom. The lowest BCUT2D eigenvalue weighted by Gasteiger charge is -2.11. The molecule has 4 nitrogen and oxygen atoms in total. The summed E-state index contributed by atoms with van der Waals surface area (Å²) in [6.45, 7) is 4.91. The van der Waals surface area contributed by atoms with E-state index >= 15 is 0 Å². The minimum Gasteiger partial charge on any atom is -0.484 e. The van der Waals surface area contributed by atoms with Crippen molar-refractivity contribution in [3.63, 3.8) is 0 Å². The molecule has 4 heteroatoms. The van der Waals surface area contributed by atoms with Gasteiger partial charge >= 0.3 is 0 Å². The summed E-state index contributed by atoms with van der Waals surface area (Å²) in [5.74, 6) is 0.496. The maximum absolute atomic E-state index is 11.9. The van der Waals surface area contributed by atoms with E-state index in [4.69, 9.17) is 4.74 Å². The highest BCUT2D eigenvalue weighted by Crippen LogP contribution is 2.18. The topological polar surface area (TPSA) is 50.4 Å². The molecule has 2 N–H and O–H groups in total.